The number of hydrogen-bond donors (Lipinski definition) is 2. The predicted octanol–water partition coefficient (Wildman–Crippen LogP) is 9.58. The number of alkyl carbamates (subject to hydrolysis) is 1. The largest absolute Gasteiger partial charge is 0.459 e. The van der Waals surface area contributed by atoms with Crippen LogP contribution in [0.25, 0.3) is 0 Å². The second-order valence-corrected chi connectivity index (χ2v) is 15.7. The molecule has 7 nitrogen and oxygen atoms in total. The van der Waals surface area contributed by atoms with Crippen molar-refractivity contribution in [1.82, 2.24) is 5.32 Å². The third-order valence-corrected chi connectivity index (χ3v) is 9.39. The van der Waals surface area contributed by atoms with E-state index in [0.717, 1.165) is 44.9 Å². The van der Waals surface area contributed by atoms with E-state index < -0.39 is 28.5 Å². The molecule has 0 radical (unpaired) electrons. The van der Waals surface area contributed by atoms with Gasteiger partial charge in [-0.1, -0.05) is 94.4 Å². The van der Waals surface area contributed by atoms with Gasteiger partial charge in [0.15, 0.2) is 5.79 Å². The summed E-state index contributed by atoms with van der Waals surface area (Å²) >= 11 is 0. The Balaban J connectivity index is 4.51. The Labute approximate surface area is 266 Å². The minimum absolute atomic E-state index is 0.0335. The summed E-state index contributed by atoms with van der Waals surface area (Å²) in [4.78, 5) is 25.1. The van der Waals surface area contributed by atoms with Crippen LogP contribution in [0, 0.1) is 22.7 Å². The molecule has 0 aromatic heterocycles. The molecule has 0 bridgehead atoms. The molecule has 43 heavy (non-hydrogen) atoms. The fraction of sp³-hybridized carbons (Fsp3) is 0.944. The Bertz CT molecular complexity index is 802. The van der Waals surface area contributed by atoms with Crippen LogP contribution in [0.3, 0.4) is 0 Å². The second-order valence-electron chi connectivity index (χ2n) is 15.7. The summed E-state index contributed by atoms with van der Waals surface area (Å²) in [5.41, 5.74) is -1.44. The molecule has 0 rings (SSSR count). The molecule has 2 N–H and O–H groups in total. The van der Waals surface area contributed by atoms with Gasteiger partial charge in [0.25, 0.3) is 0 Å². The fourth-order valence-electron chi connectivity index (χ4n) is 6.05. The molecular weight excluding hydrogens is 542 g/mol. The summed E-state index contributed by atoms with van der Waals surface area (Å²) in [6, 6.07) is 0. The zero-order chi connectivity index (χ0) is 33.5. The van der Waals surface area contributed by atoms with Crippen molar-refractivity contribution < 1.29 is 28.9 Å². The number of hydrogen-bond acceptors (Lipinski definition) is 6. The average molecular weight is 614 g/mol. The number of ether oxygens (including phenoxy) is 3. The molecular formula is C36H71NO6. The first-order valence-corrected chi connectivity index (χ1v) is 17.2. The van der Waals surface area contributed by atoms with Gasteiger partial charge in [-0.15, -0.1) is 0 Å². The smallest absolute Gasteiger partial charge is 0.407 e. The molecule has 0 spiro atoms. The van der Waals surface area contributed by atoms with E-state index >= 15 is 0 Å². The zero-order valence-corrected chi connectivity index (χ0v) is 30.5. The molecule has 0 aliphatic rings. The van der Waals surface area contributed by atoms with Crippen LogP contribution < -0.4 is 5.32 Å². The third kappa shape index (κ3) is 16.5. The summed E-state index contributed by atoms with van der Waals surface area (Å²) < 4.78 is 17.6. The quantitative estimate of drug-likeness (QED) is 0.0717. The van der Waals surface area contributed by atoms with E-state index in [-0.39, 0.29) is 30.5 Å². The highest BCUT2D eigenvalue weighted by molar-refractivity contribution is 5.69. The Morgan fingerprint density at radius 2 is 1.49 bits per heavy atom. The second kappa shape index (κ2) is 18.6. The SMILES string of the molecule is CCCCC(CC)CC(C)(CC)OC(=O)CCCCCC(C)(C)OC(=O)NCCOC(C)(O)C(C)(CC(C)(C)C)C(C)C. The van der Waals surface area contributed by atoms with Crippen molar-refractivity contribution in [3.63, 3.8) is 0 Å². The predicted molar refractivity (Wildman–Crippen MR) is 178 cm³/mol. The molecule has 0 aromatic carbocycles. The number of esters is 1. The van der Waals surface area contributed by atoms with Gasteiger partial charge in [-0.25, -0.2) is 4.79 Å². The lowest BCUT2D eigenvalue weighted by molar-refractivity contribution is -0.275. The highest BCUT2D eigenvalue weighted by Crippen LogP contribution is 2.47. The molecule has 4 atom stereocenters. The van der Waals surface area contributed by atoms with Crippen LogP contribution in [0.15, 0.2) is 0 Å². The summed E-state index contributed by atoms with van der Waals surface area (Å²) in [6.07, 6.45) is 10.4. The lowest BCUT2D eigenvalue weighted by Gasteiger charge is -2.48. The zero-order valence-electron chi connectivity index (χ0n) is 30.5. The number of amides is 1. The first-order chi connectivity index (χ1) is 19.7. The molecule has 0 saturated carbocycles. The normalized spacial score (nSPS) is 17.5. The average Bonchev–Trinajstić information content (AvgIpc) is 2.87. The molecule has 0 aliphatic heterocycles. The molecule has 0 aliphatic carbocycles. The van der Waals surface area contributed by atoms with Crippen molar-refractivity contribution in [2.75, 3.05) is 13.2 Å². The third-order valence-electron chi connectivity index (χ3n) is 9.39. The van der Waals surface area contributed by atoms with Crippen LogP contribution in [-0.4, -0.2) is 47.3 Å². The van der Waals surface area contributed by atoms with Gasteiger partial charge in [0.05, 0.1) is 6.61 Å². The van der Waals surface area contributed by atoms with E-state index in [4.69, 9.17) is 14.2 Å². The van der Waals surface area contributed by atoms with Crippen molar-refractivity contribution in [2.45, 2.75) is 184 Å². The van der Waals surface area contributed by atoms with Crippen LogP contribution in [0.5, 0.6) is 0 Å². The fourth-order valence-corrected chi connectivity index (χ4v) is 6.05. The summed E-state index contributed by atoms with van der Waals surface area (Å²) in [5, 5.41) is 14.0. The summed E-state index contributed by atoms with van der Waals surface area (Å²) in [5.74, 6) is -0.652. The van der Waals surface area contributed by atoms with Crippen molar-refractivity contribution >= 4 is 12.1 Å². The molecule has 1 amide bonds. The molecule has 0 aromatic rings. The van der Waals surface area contributed by atoms with E-state index in [9.17, 15) is 14.7 Å². The number of carbonyl (C=O) groups excluding carboxylic acids is 2. The maximum absolute atomic E-state index is 12.6. The Hall–Kier alpha value is -1.34. The molecule has 0 heterocycles. The number of rotatable bonds is 22. The first-order valence-electron chi connectivity index (χ1n) is 17.2. The molecule has 7 heteroatoms. The van der Waals surface area contributed by atoms with Crippen molar-refractivity contribution in [2.24, 2.45) is 22.7 Å². The van der Waals surface area contributed by atoms with Gasteiger partial charge >= 0.3 is 12.1 Å². The van der Waals surface area contributed by atoms with Crippen LogP contribution >= 0.6 is 0 Å². The van der Waals surface area contributed by atoms with Crippen molar-refractivity contribution in [3.8, 4) is 0 Å². The molecule has 4 unspecified atom stereocenters. The van der Waals surface area contributed by atoms with Gasteiger partial charge < -0.3 is 24.6 Å². The van der Waals surface area contributed by atoms with Crippen LogP contribution in [0.4, 0.5) is 4.79 Å². The standard InChI is InChI=1S/C36H71NO6/c1-14-17-21-29(15-2)26-34(11,16-3)42-30(38)22-19-18-20-23-33(9,10)43-31(39)37-24-25-41-36(13,40)35(12,28(4)5)27-32(6,7)8/h28-29,40H,14-27H2,1-13H3,(H,37,39). The van der Waals surface area contributed by atoms with Crippen LogP contribution in [0.1, 0.15) is 167 Å². The van der Waals surface area contributed by atoms with Crippen molar-refractivity contribution in [1.29, 1.82) is 0 Å². The Kier molecular flexibility index (Phi) is 18.0. The number of nitrogens with one attached hydrogen (secondary N) is 1. The summed E-state index contributed by atoms with van der Waals surface area (Å²) in [6.45, 7) is 27.3. The number of carbonyl (C=O) groups is 2. The molecule has 0 fully saturated rings. The molecule has 0 saturated heterocycles. The topological polar surface area (TPSA) is 94.1 Å². The van der Waals surface area contributed by atoms with E-state index in [1.54, 1.807) is 6.92 Å². The Morgan fingerprint density at radius 1 is 0.860 bits per heavy atom. The van der Waals surface area contributed by atoms with Gasteiger partial charge in [0, 0.05) is 18.4 Å². The van der Waals surface area contributed by atoms with E-state index in [1.165, 1.54) is 19.3 Å². The lowest BCUT2D eigenvalue weighted by Crippen LogP contribution is -2.52. The van der Waals surface area contributed by atoms with Crippen LogP contribution in [0.2, 0.25) is 0 Å². The van der Waals surface area contributed by atoms with Gasteiger partial charge in [0.2, 0.25) is 0 Å². The van der Waals surface area contributed by atoms with E-state index in [1.807, 2.05) is 13.8 Å². The first kappa shape index (κ1) is 41.7. The maximum atomic E-state index is 12.6. The van der Waals surface area contributed by atoms with E-state index in [2.05, 4.69) is 74.6 Å². The minimum atomic E-state index is -1.34. The van der Waals surface area contributed by atoms with Gasteiger partial charge in [-0.2, -0.15) is 0 Å². The maximum Gasteiger partial charge on any atom is 0.407 e. The highest BCUT2D eigenvalue weighted by Gasteiger charge is 2.48. The number of unbranched alkanes of at least 4 members (excludes halogenated alkanes) is 3. The Morgan fingerprint density at radius 3 is 2.00 bits per heavy atom. The van der Waals surface area contributed by atoms with E-state index in [0.29, 0.717) is 18.8 Å². The highest BCUT2D eigenvalue weighted by atomic mass is 16.6. The minimum Gasteiger partial charge on any atom is -0.459 e. The van der Waals surface area contributed by atoms with Gasteiger partial charge in [0.1, 0.15) is 11.2 Å². The monoisotopic (exact) mass is 614 g/mol. The van der Waals surface area contributed by atoms with Crippen molar-refractivity contribution in [3.05, 3.63) is 0 Å². The lowest BCUT2D eigenvalue weighted by atomic mass is 9.64. The summed E-state index contributed by atoms with van der Waals surface area (Å²) in [7, 11) is 0. The molecule has 256 valence electrons. The number of aliphatic hydroxyl groups is 1. The van der Waals surface area contributed by atoms with Crippen LogP contribution in [-0.2, 0) is 19.0 Å². The van der Waals surface area contributed by atoms with Gasteiger partial charge in [-0.3, -0.25) is 4.79 Å². The van der Waals surface area contributed by atoms with Gasteiger partial charge in [-0.05, 0) is 83.5 Å².